The number of alkyl halides is 1. The minimum Gasteiger partial charge on any atom is -0.391 e. The Morgan fingerprint density at radius 1 is 1.29 bits per heavy atom. The second-order valence-electron chi connectivity index (χ2n) is 2.72. The van der Waals surface area contributed by atoms with Gasteiger partial charge in [-0.3, -0.25) is 4.57 Å². The minimum atomic E-state index is -3.37. The van der Waals surface area contributed by atoms with Gasteiger partial charge in [-0.25, -0.2) is 0 Å². The highest BCUT2D eigenvalue weighted by molar-refractivity contribution is 7.56. The molecule has 0 spiro atoms. The second-order valence-corrected chi connectivity index (χ2v) is 5.65. The topological polar surface area (TPSA) is 55.8 Å². The van der Waals surface area contributed by atoms with Crippen LogP contribution < -0.4 is 0 Å². The summed E-state index contributed by atoms with van der Waals surface area (Å²) in [4.78, 5) is 0. The summed E-state index contributed by atoms with van der Waals surface area (Å²) in [5.74, 6) is 0. The zero-order chi connectivity index (χ0) is 11.2. The molecule has 0 aromatic carbocycles. The highest BCUT2D eigenvalue weighted by atomic mass is 35.5. The maximum absolute atomic E-state index is 12.0. The summed E-state index contributed by atoms with van der Waals surface area (Å²) in [6.45, 7) is 5.65. The molecular formula is C8H18ClO4P. The molecule has 6 heteroatoms. The Morgan fingerprint density at radius 3 is 2.00 bits per heavy atom. The number of aliphatic hydroxyl groups excluding tert-OH is 1. The van der Waals surface area contributed by atoms with Gasteiger partial charge in [0, 0.05) is 0 Å². The second kappa shape index (κ2) is 6.81. The number of hydrogen-bond donors (Lipinski definition) is 1. The standard InChI is InChI=1S/C8H18ClO4P/c1-4-7(10)8(9)14(11,12-5-2)13-6-3/h7-8,10H,4-6H2,1-3H3/t7-,8-/m0/s1. The summed E-state index contributed by atoms with van der Waals surface area (Å²) in [7, 11) is -3.37. The van der Waals surface area contributed by atoms with Crippen molar-refractivity contribution in [1.82, 2.24) is 0 Å². The van der Waals surface area contributed by atoms with E-state index in [0.717, 1.165) is 0 Å². The Hall–Kier alpha value is 0.400. The van der Waals surface area contributed by atoms with Crippen LogP contribution in [0.5, 0.6) is 0 Å². The van der Waals surface area contributed by atoms with Crippen LogP contribution in [0, 0.1) is 0 Å². The summed E-state index contributed by atoms with van der Waals surface area (Å²) in [5, 5.41) is 8.46. The lowest BCUT2D eigenvalue weighted by molar-refractivity contribution is 0.155. The molecule has 0 aliphatic heterocycles. The van der Waals surface area contributed by atoms with Crippen molar-refractivity contribution in [2.45, 2.75) is 38.4 Å². The first-order chi connectivity index (χ1) is 6.51. The molecule has 0 saturated carbocycles. The lowest BCUT2D eigenvalue weighted by atomic mass is 10.3. The fourth-order valence-corrected chi connectivity index (χ4v) is 3.17. The quantitative estimate of drug-likeness (QED) is 0.552. The summed E-state index contributed by atoms with van der Waals surface area (Å²) in [5.41, 5.74) is 0. The molecule has 0 fully saturated rings. The van der Waals surface area contributed by atoms with Gasteiger partial charge in [-0.1, -0.05) is 6.92 Å². The first kappa shape index (κ1) is 14.4. The SMILES string of the molecule is CCOP(=O)(OCC)[C@H](Cl)[C@@H](O)CC. The Morgan fingerprint density at radius 2 is 1.71 bits per heavy atom. The third-order valence-corrected chi connectivity index (χ3v) is 4.85. The molecule has 0 radical (unpaired) electrons. The van der Waals surface area contributed by atoms with Crippen molar-refractivity contribution < 1.29 is 18.7 Å². The molecule has 86 valence electrons. The number of halogens is 1. The molecular weight excluding hydrogens is 227 g/mol. The van der Waals surface area contributed by atoms with E-state index in [1.54, 1.807) is 20.8 Å². The Bertz CT molecular complexity index is 190. The molecule has 0 aromatic heterocycles. The monoisotopic (exact) mass is 244 g/mol. The molecule has 0 bridgehead atoms. The van der Waals surface area contributed by atoms with E-state index in [1.165, 1.54) is 0 Å². The summed E-state index contributed by atoms with van der Waals surface area (Å²) >= 11 is 5.83. The highest BCUT2D eigenvalue weighted by Crippen LogP contribution is 2.56. The van der Waals surface area contributed by atoms with Gasteiger partial charge in [0.2, 0.25) is 0 Å². The van der Waals surface area contributed by atoms with E-state index in [9.17, 15) is 9.67 Å². The molecule has 0 aromatic rings. The van der Waals surface area contributed by atoms with Gasteiger partial charge in [-0.15, -0.1) is 11.6 Å². The number of rotatable bonds is 7. The van der Waals surface area contributed by atoms with Gasteiger partial charge in [0.1, 0.15) is 0 Å². The van der Waals surface area contributed by atoms with Crippen LogP contribution in [0.2, 0.25) is 0 Å². The van der Waals surface area contributed by atoms with Crippen molar-refractivity contribution in [3.05, 3.63) is 0 Å². The average Bonchev–Trinajstić information content (AvgIpc) is 2.16. The van der Waals surface area contributed by atoms with E-state index in [-0.39, 0.29) is 13.2 Å². The van der Waals surface area contributed by atoms with Crippen LogP contribution in [0.15, 0.2) is 0 Å². The molecule has 0 aliphatic carbocycles. The van der Waals surface area contributed by atoms with Crippen LogP contribution in [0.4, 0.5) is 0 Å². The summed E-state index contributed by atoms with van der Waals surface area (Å²) in [6.07, 6.45) is -0.459. The van der Waals surface area contributed by atoms with E-state index in [2.05, 4.69) is 0 Å². The fourth-order valence-electron chi connectivity index (χ4n) is 0.945. The van der Waals surface area contributed by atoms with Gasteiger partial charge in [-0.05, 0) is 20.3 Å². The average molecular weight is 245 g/mol. The molecule has 0 heterocycles. The van der Waals surface area contributed by atoms with Gasteiger partial charge in [0.15, 0.2) is 5.12 Å². The van der Waals surface area contributed by atoms with Gasteiger partial charge < -0.3 is 14.2 Å². The summed E-state index contributed by atoms with van der Waals surface area (Å²) in [6, 6.07) is 0. The van der Waals surface area contributed by atoms with Crippen molar-refractivity contribution in [2.75, 3.05) is 13.2 Å². The predicted octanol–water partition coefficient (Wildman–Crippen LogP) is 2.59. The predicted molar refractivity (Wildman–Crippen MR) is 56.8 cm³/mol. The molecule has 2 atom stereocenters. The molecule has 0 amide bonds. The lowest BCUT2D eigenvalue weighted by Crippen LogP contribution is -2.22. The van der Waals surface area contributed by atoms with Crippen LogP contribution in [-0.2, 0) is 13.6 Å². The van der Waals surface area contributed by atoms with Crippen LogP contribution in [0.1, 0.15) is 27.2 Å². The third kappa shape index (κ3) is 3.87. The first-order valence-corrected chi connectivity index (χ1v) is 6.77. The van der Waals surface area contributed by atoms with Gasteiger partial charge in [0.25, 0.3) is 0 Å². The van der Waals surface area contributed by atoms with Gasteiger partial charge in [-0.2, -0.15) is 0 Å². The Labute approximate surface area is 90.1 Å². The first-order valence-electron chi connectivity index (χ1n) is 4.72. The Kier molecular flexibility index (Phi) is 7.00. The molecule has 0 unspecified atom stereocenters. The molecule has 14 heavy (non-hydrogen) atoms. The maximum Gasteiger partial charge on any atom is 0.351 e. The number of aliphatic hydroxyl groups is 1. The van der Waals surface area contributed by atoms with Crippen LogP contribution in [0.3, 0.4) is 0 Å². The van der Waals surface area contributed by atoms with Crippen LogP contribution in [0.25, 0.3) is 0 Å². The molecule has 0 rings (SSSR count). The van der Waals surface area contributed by atoms with Crippen molar-refractivity contribution in [1.29, 1.82) is 0 Å². The minimum absolute atomic E-state index is 0.247. The molecule has 0 saturated heterocycles. The zero-order valence-electron chi connectivity index (χ0n) is 8.77. The highest BCUT2D eigenvalue weighted by Gasteiger charge is 2.38. The fraction of sp³-hybridized carbons (Fsp3) is 1.00. The van der Waals surface area contributed by atoms with E-state index >= 15 is 0 Å². The van der Waals surface area contributed by atoms with Crippen molar-refractivity contribution in [2.24, 2.45) is 0 Å². The maximum atomic E-state index is 12.0. The van der Waals surface area contributed by atoms with E-state index in [0.29, 0.717) is 6.42 Å². The van der Waals surface area contributed by atoms with E-state index in [4.69, 9.17) is 20.6 Å². The largest absolute Gasteiger partial charge is 0.391 e. The molecule has 1 N–H and O–H groups in total. The molecule has 0 aliphatic rings. The van der Waals surface area contributed by atoms with Crippen molar-refractivity contribution in [3.63, 3.8) is 0 Å². The van der Waals surface area contributed by atoms with E-state index < -0.39 is 18.8 Å². The normalized spacial score (nSPS) is 16.6. The lowest BCUT2D eigenvalue weighted by Gasteiger charge is -2.24. The van der Waals surface area contributed by atoms with Gasteiger partial charge in [0.05, 0.1) is 19.3 Å². The summed E-state index contributed by atoms with van der Waals surface area (Å²) < 4.78 is 22.0. The van der Waals surface area contributed by atoms with Crippen LogP contribution in [-0.4, -0.2) is 29.5 Å². The van der Waals surface area contributed by atoms with Gasteiger partial charge >= 0.3 is 7.60 Å². The van der Waals surface area contributed by atoms with E-state index in [1.807, 2.05) is 0 Å². The Balaban J connectivity index is 4.54. The zero-order valence-corrected chi connectivity index (χ0v) is 10.4. The van der Waals surface area contributed by atoms with Crippen LogP contribution >= 0.6 is 19.2 Å². The molecule has 4 nitrogen and oxygen atoms in total. The number of hydrogen-bond acceptors (Lipinski definition) is 4. The smallest absolute Gasteiger partial charge is 0.351 e. The van der Waals surface area contributed by atoms with Crippen molar-refractivity contribution >= 4 is 19.2 Å². The van der Waals surface area contributed by atoms with Crippen molar-refractivity contribution in [3.8, 4) is 0 Å². The third-order valence-electron chi connectivity index (χ3n) is 1.66.